The lowest BCUT2D eigenvalue weighted by atomic mass is 10.9. The van der Waals surface area contributed by atoms with E-state index in [0.29, 0.717) is 51.8 Å². The van der Waals surface area contributed by atoms with Crippen LogP contribution in [0.1, 0.15) is 0 Å². The molecule has 0 aliphatic heterocycles. The summed E-state index contributed by atoms with van der Waals surface area (Å²) in [5.74, 6) is 12.5. The van der Waals surface area contributed by atoms with Crippen molar-refractivity contribution in [3.8, 4) is 0 Å². The number of carbonyl (C=O) groups excluding carboxylic acids is 2. The Morgan fingerprint density at radius 2 is 1.22 bits per heavy atom. The highest BCUT2D eigenvalue weighted by Crippen LogP contribution is 2.15. The summed E-state index contributed by atoms with van der Waals surface area (Å²) in [7, 11) is -1.04. The number of thioether (sulfide) groups is 10. The summed E-state index contributed by atoms with van der Waals surface area (Å²) in [6.45, 7) is 0.326. The van der Waals surface area contributed by atoms with Gasteiger partial charge in [-0.15, -0.1) is 70.6 Å². The maximum atomic E-state index is 11.9. The van der Waals surface area contributed by atoms with Crippen LogP contribution in [0.4, 0.5) is 9.59 Å². The quantitative estimate of drug-likeness (QED) is 0.0167. The molecule has 0 aliphatic carbocycles. The maximum Gasteiger partial charge on any atom is 0.280 e. The molecule has 0 saturated carbocycles. The second kappa shape index (κ2) is 41.0. The number of nitrogens with zero attached hydrogens (tertiary/aromatic N) is 2. The highest BCUT2D eigenvalue weighted by atomic mass is 32.2. The van der Waals surface area contributed by atoms with E-state index >= 15 is 0 Å². The molecule has 0 aromatic carbocycles. The summed E-state index contributed by atoms with van der Waals surface area (Å²) >= 11 is 15.8. The molecule has 46 heavy (non-hydrogen) atoms. The molecule has 4 N–H and O–H groups in total. The smallest absolute Gasteiger partial charge is 0.280 e. The van der Waals surface area contributed by atoms with Gasteiger partial charge in [-0.05, 0) is 0 Å². The fourth-order valence-corrected chi connectivity index (χ4v) is 11.7. The van der Waals surface area contributed by atoms with Gasteiger partial charge in [-0.3, -0.25) is 18.8 Å². The van der Waals surface area contributed by atoms with E-state index in [1.165, 1.54) is 35.5 Å². The van der Waals surface area contributed by atoms with Crippen molar-refractivity contribution in [2.45, 2.75) is 0 Å². The zero-order valence-corrected chi connectivity index (χ0v) is 34.6. The van der Waals surface area contributed by atoms with Crippen LogP contribution >= 0.6 is 118 Å². The second-order valence-electron chi connectivity index (χ2n) is 7.70. The van der Waals surface area contributed by atoms with Gasteiger partial charge in [-0.25, -0.2) is 4.99 Å². The lowest BCUT2D eigenvalue weighted by Gasteiger charge is -2.05. The Kier molecular flexibility index (Phi) is 42.5. The maximum absolute atomic E-state index is 11.9. The highest BCUT2D eigenvalue weighted by molar-refractivity contribution is 8.24. The third-order valence-electron chi connectivity index (χ3n) is 4.23. The topological polar surface area (TPSA) is 159 Å². The molecule has 1 atom stereocenters. The molecule has 0 fully saturated rings. The van der Waals surface area contributed by atoms with Crippen molar-refractivity contribution in [3.63, 3.8) is 0 Å². The van der Waals surface area contributed by atoms with Crippen molar-refractivity contribution in [3.05, 3.63) is 0 Å². The molecule has 0 aliphatic rings. The van der Waals surface area contributed by atoms with E-state index in [-0.39, 0.29) is 23.7 Å². The van der Waals surface area contributed by atoms with Crippen molar-refractivity contribution < 1.29 is 33.8 Å². The molecule has 0 aromatic heterocycles. The van der Waals surface area contributed by atoms with Crippen molar-refractivity contribution in [1.82, 2.24) is 10.6 Å². The first-order chi connectivity index (χ1) is 22.6. The predicted octanol–water partition coefficient (Wildman–Crippen LogP) is 5.22. The first kappa shape index (κ1) is 47.6. The van der Waals surface area contributed by atoms with E-state index in [2.05, 4.69) is 20.6 Å². The lowest BCUT2D eigenvalue weighted by molar-refractivity contribution is -0.196. The van der Waals surface area contributed by atoms with Crippen molar-refractivity contribution in [1.29, 1.82) is 0 Å². The summed E-state index contributed by atoms with van der Waals surface area (Å²) in [6.07, 6.45) is 1.31. The van der Waals surface area contributed by atoms with E-state index in [0.717, 1.165) is 51.8 Å². The van der Waals surface area contributed by atoms with Gasteiger partial charge in [0.1, 0.15) is 5.94 Å². The summed E-state index contributed by atoms with van der Waals surface area (Å²) in [5.41, 5.74) is 1.51. The van der Waals surface area contributed by atoms with Crippen LogP contribution in [0, 0.1) is 0 Å². The minimum Gasteiger partial charge on any atom is -0.396 e. The number of nitrogens with one attached hydrogen (secondary N) is 2. The molecular weight excluding hydrogens is 809 g/mol. The van der Waals surface area contributed by atoms with Gasteiger partial charge < -0.3 is 25.7 Å². The van der Waals surface area contributed by atoms with E-state index in [4.69, 9.17) is 20.0 Å². The fraction of sp³-hybridized carbons (Fsp3) is 0.833. The Bertz CT molecular complexity index is 797. The first-order valence-electron chi connectivity index (χ1n) is 13.9. The van der Waals surface area contributed by atoms with E-state index in [1.54, 1.807) is 94.1 Å². The fourth-order valence-electron chi connectivity index (χ4n) is 2.25. The number of aliphatic hydroxyl groups excluding tert-OH is 2. The Balaban J connectivity index is 3.32. The van der Waals surface area contributed by atoms with Crippen LogP contribution in [0.5, 0.6) is 0 Å². The molecule has 2 amide bonds. The molecule has 270 valence electrons. The Morgan fingerprint density at radius 3 is 1.91 bits per heavy atom. The largest absolute Gasteiger partial charge is 0.396 e. The molecule has 0 saturated heterocycles. The molecule has 0 aromatic rings. The number of carbonyl (C=O) groups is 2. The lowest BCUT2D eigenvalue weighted by Crippen LogP contribution is -2.18. The Labute approximate surface area is 319 Å². The molecule has 22 heteroatoms. The average Bonchev–Trinajstić information content (AvgIpc) is 3.05. The first-order valence-corrected chi connectivity index (χ1v) is 26.5. The van der Waals surface area contributed by atoms with Gasteiger partial charge in [0.25, 0.3) is 10.5 Å². The number of amides is 2. The van der Waals surface area contributed by atoms with Gasteiger partial charge in [0.05, 0.1) is 53.1 Å². The van der Waals surface area contributed by atoms with E-state index < -0.39 is 10.8 Å². The van der Waals surface area contributed by atoms with Gasteiger partial charge in [-0.1, -0.05) is 23.5 Å². The van der Waals surface area contributed by atoms with Crippen LogP contribution < -0.4 is 10.6 Å². The zero-order chi connectivity index (χ0) is 33.6. The Hall–Kier alpha value is 1.61. The molecule has 0 spiro atoms. The van der Waals surface area contributed by atoms with Crippen LogP contribution in [0.2, 0.25) is 0 Å². The monoisotopic (exact) mass is 854 g/mol. The van der Waals surface area contributed by atoms with Gasteiger partial charge >= 0.3 is 0 Å². The number of rotatable bonds is 34. The summed E-state index contributed by atoms with van der Waals surface area (Å²) < 4.78 is 11.7. The number of aliphatic hydroxyl groups is 2. The zero-order valence-electron chi connectivity index (χ0n) is 25.6. The summed E-state index contributed by atoms with van der Waals surface area (Å²) in [6, 6.07) is 0. The normalized spacial score (nSPS) is 12.2. The third-order valence-corrected chi connectivity index (χ3v) is 15.4. The van der Waals surface area contributed by atoms with E-state index in [1.807, 2.05) is 0 Å². The molecule has 1 unspecified atom stereocenters. The predicted molar refractivity (Wildman–Crippen MR) is 222 cm³/mol. The summed E-state index contributed by atoms with van der Waals surface area (Å²) in [4.78, 5) is 41.9. The van der Waals surface area contributed by atoms with Crippen LogP contribution in [-0.4, -0.2) is 154 Å². The van der Waals surface area contributed by atoms with Crippen LogP contribution in [0.3, 0.4) is 0 Å². The number of aliphatic imine (C=N–C) groups is 2. The molecule has 0 rings (SSSR count). The summed E-state index contributed by atoms with van der Waals surface area (Å²) in [5, 5.41) is 23.9. The minimum atomic E-state index is -1.04. The van der Waals surface area contributed by atoms with Gasteiger partial charge in [-0.2, -0.15) is 28.4 Å². The molecule has 0 heterocycles. The average molecular weight is 855 g/mol. The number of hydrogen-bond donors (Lipinski definition) is 4. The Morgan fingerprint density at radius 1 is 0.652 bits per heavy atom. The van der Waals surface area contributed by atoms with Crippen LogP contribution in [0.25, 0.3) is 0 Å². The highest BCUT2D eigenvalue weighted by Gasteiger charge is 2.03. The van der Waals surface area contributed by atoms with Crippen molar-refractivity contribution in [2.24, 2.45) is 9.98 Å². The molecule has 0 bridgehead atoms. The SMILES string of the molecule is O=C(NCSCCSCN=COOCSCCSCSC(=O)NCSCCSCN=CS(=O)CCSCCO)SCCSCCO. The molecular formula is C24H46N4O7S11. The second-order valence-corrected chi connectivity index (χ2v) is 20.4. The van der Waals surface area contributed by atoms with Crippen LogP contribution in [-0.2, 0) is 20.6 Å². The molecule has 11 nitrogen and oxygen atoms in total. The van der Waals surface area contributed by atoms with Gasteiger partial charge in [0, 0.05) is 74.1 Å². The third kappa shape index (κ3) is 40.0. The van der Waals surface area contributed by atoms with Crippen molar-refractivity contribution in [2.75, 3.05) is 117 Å². The van der Waals surface area contributed by atoms with Crippen molar-refractivity contribution >= 4 is 151 Å². The minimum absolute atomic E-state index is 0.00560. The van der Waals surface area contributed by atoms with Gasteiger partial charge in [0.15, 0.2) is 0 Å². The number of hydrogen-bond acceptors (Lipinski definition) is 19. The molecule has 0 radical (unpaired) electrons. The van der Waals surface area contributed by atoms with E-state index in [9.17, 15) is 13.8 Å². The van der Waals surface area contributed by atoms with Gasteiger partial charge in [0.2, 0.25) is 6.40 Å². The van der Waals surface area contributed by atoms with Crippen LogP contribution in [0.15, 0.2) is 9.98 Å². The standard InChI is InChI=1S/C24H46N4O7S11/c29-1-3-36-11-12-44-23(31)27-18-40-7-5-38-16-25-15-34-35-21-42-9-10-43-22-45-24(32)28-19-41-8-6-39-17-26-20-46(33)14-13-37-4-2-30/h15,20,29-30H,1-14,16-19,21-22H2,(H,27,31)(H,28,32).